The summed E-state index contributed by atoms with van der Waals surface area (Å²) in [7, 11) is 0. The monoisotopic (exact) mass is 210 g/mol. The Labute approximate surface area is 88.6 Å². The Kier molecular flexibility index (Phi) is 2.98. The molecule has 1 aliphatic rings. The zero-order valence-electron chi connectivity index (χ0n) is 9.11. The molecule has 1 unspecified atom stereocenters. The van der Waals surface area contributed by atoms with Crippen LogP contribution in [0.2, 0.25) is 0 Å². The van der Waals surface area contributed by atoms with Gasteiger partial charge in [-0.3, -0.25) is 9.69 Å². The second kappa shape index (κ2) is 3.89. The van der Waals surface area contributed by atoms with Crippen molar-refractivity contribution in [1.29, 1.82) is 5.26 Å². The number of rotatable bonds is 1. The lowest BCUT2D eigenvalue weighted by molar-refractivity contribution is -0.135. The van der Waals surface area contributed by atoms with Crippen LogP contribution in [0.15, 0.2) is 0 Å². The molecule has 1 aliphatic heterocycles. The number of hydrogen-bond acceptors (Lipinski definition) is 4. The highest BCUT2D eigenvalue weighted by molar-refractivity contribution is 5.97. The van der Waals surface area contributed by atoms with Crippen LogP contribution in [0, 0.1) is 11.3 Å². The number of nitrogens with zero attached hydrogens (tertiary/aromatic N) is 2. The number of amides is 1. The number of Topliss-reactive ketones (excluding diaryl/α,β-unsaturated/α-hetero) is 1. The summed E-state index contributed by atoms with van der Waals surface area (Å²) in [6.07, 6.45) is -0.486. The molecule has 0 aromatic heterocycles. The van der Waals surface area contributed by atoms with Crippen LogP contribution in [0.3, 0.4) is 0 Å². The lowest BCUT2D eigenvalue weighted by Crippen LogP contribution is -2.60. The van der Waals surface area contributed by atoms with Crippen LogP contribution in [0.1, 0.15) is 27.2 Å². The molecule has 0 saturated carbocycles. The molecule has 1 heterocycles. The molecule has 0 aromatic rings. The lowest BCUT2D eigenvalue weighted by atomic mass is 9.99. The first-order chi connectivity index (χ1) is 6.85. The van der Waals surface area contributed by atoms with Crippen molar-refractivity contribution in [3.63, 3.8) is 0 Å². The lowest BCUT2D eigenvalue weighted by Gasteiger charge is -2.38. The Morgan fingerprint density at radius 3 is 2.67 bits per heavy atom. The van der Waals surface area contributed by atoms with Crippen molar-refractivity contribution in [2.45, 2.75) is 38.8 Å². The molecule has 1 atom stereocenters. The van der Waals surface area contributed by atoms with Crippen molar-refractivity contribution in [2.24, 2.45) is 0 Å². The molecule has 0 N–H and O–H groups in total. The summed E-state index contributed by atoms with van der Waals surface area (Å²) in [6, 6.07) is 1.27. The zero-order valence-corrected chi connectivity index (χ0v) is 9.11. The highest BCUT2D eigenvalue weighted by Gasteiger charge is 2.42. The maximum atomic E-state index is 11.5. The van der Waals surface area contributed by atoms with Crippen molar-refractivity contribution in [3.8, 4) is 6.07 Å². The molecule has 0 radical (unpaired) electrons. The molecule has 15 heavy (non-hydrogen) atoms. The van der Waals surface area contributed by atoms with E-state index in [0.29, 0.717) is 0 Å². The normalized spacial score (nSPS) is 20.5. The van der Waals surface area contributed by atoms with E-state index in [2.05, 4.69) is 0 Å². The maximum absolute atomic E-state index is 11.5. The summed E-state index contributed by atoms with van der Waals surface area (Å²) in [6.45, 7) is 5.32. The first-order valence-corrected chi connectivity index (χ1v) is 4.74. The number of carbonyl (C=O) groups excluding carboxylic acids is 2. The van der Waals surface area contributed by atoms with Crippen LogP contribution in [0.25, 0.3) is 0 Å². The Balaban J connectivity index is 2.56. The van der Waals surface area contributed by atoms with Crippen LogP contribution >= 0.6 is 0 Å². The summed E-state index contributed by atoms with van der Waals surface area (Å²) >= 11 is 0. The first kappa shape index (κ1) is 11.5. The standard InChI is InChI=1S/C10H14N2O3/c1-10(2,3)15-9(14)12-6-8(13)7(12)4-5-11/h7H,4,6H2,1-3H3. The molecule has 1 fully saturated rings. The van der Waals surface area contributed by atoms with Gasteiger partial charge in [0.25, 0.3) is 0 Å². The van der Waals surface area contributed by atoms with Gasteiger partial charge in [0.05, 0.1) is 19.0 Å². The fraction of sp³-hybridized carbons (Fsp3) is 0.700. The summed E-state index contributed by atoms with van der Waals surface area (Å²) in [5.41, 5.74) is -0.576. The molecular formula is C10H14N2O3. The van der Waals surface area contributed by atoms with Gasteiger partial charge in [-0.05, 0) is 20.8 Å². The van der Waals surface area contributed by atoms with Crippen molar-refractivity contribution in [3.05, 3.63) is 0 Å². The molecule has 82 valence electrons. The van der Waals surface area contributed by atoms with E-state index in [0.717, 1.165) is 0 Å². The van der Waals surface area contributed by atoms with E-state index in [4.69, 9.17) is 10.00 Å². The predicted octanol–water partition coefficient (Wildman–Crippen LogP) is 1.09. The topological polar surface area (TPSA) is 70.4 Å². The van der Waals surface area contributed by atoms with Crippen molar-refractivity contribution >= 4 is 11.9 Å². The number of carbonyl (C=O) groups is 2. The van der Waals surface area contributed by atoms with E-state index >= 15 is 0 Å². The van der Waals surface area contributed by atoms with Crippen LogP contribution in [-0.4, -0.2) is 35.0 Å². The molecule has 0 aliphatic carbocycles. The minimum absolute atomic E-state index is 0.0398. The van der Waals surface area contributed by atoms with Crippen LogP contribution in [0.4, 0.5) is 4.79 Å². The van der Waals surface area contributed by atoms with Crippen LogP contribution < -0.4 is 0 Å². The number of nitriles is 1. The van der Waals surface area contributed by atoms with Crippen molar-refractivity contribution in [2.75, 3.05) is 6.54 Å². The smallest absolute Gasteiger partial charge is 0.411 e. The maximum Gasteiger partial charge on any atom is 0.411 e. The third kappa shape index (κ3) is 2.69. The highest BCUT2D eigenvalue weighted by atomic mass is 16.6. The van der Waals surface area contributed by atoms with Gasteiger partial charge in [-0.15, -0.1) is 0 Å². The molecule has 5 nitrogen and oxygen atoms in total. The second-order valence-electron chi connectivity index (χ2n) is 4.45. The number of ketones is 1. The van der Waals surface area contributed by atoms with E-state index in [1.54, 1.807) is 20.8 Å². The summed E-state index contributed by atoms with van der Waals surface area (Å²) in [5, 5.41) is 8.47. The first-order valence-electron chi connectivity index (χ1n) is 4.74. The van der Waals surface area contributed by atoms with E-state index in [9.17, 15) is 9.59 Å². The van der Waals surface area contributed by atoms with Gasteiger partial charge in [-0.2, -0.15) is 5.26 Å². The Hall–Kier alpha value is -1.57. The van der Waals surface area contributed by atoms with Gasteiger partial charge in [0.15, 0.2) is 5.78 Å². The summed E-state index contributed by atoms with van der Waals surface area (Å²) in [5.74, 6) is -0.0811. The highest BCUT2D eigenvalue weighted by Crippen LogP contribution is 2.20. The number of ether oxygens (including phenoxy) is 1. The quantitative estimate of drug-likeness (QED) is 0.649. The van der Waals surface area contributed by atoms with Crippen LogP contribution in [0.5, 0.6) is 0 Å². The number of hydrogen-bond donors (Lipinski definition) is 0. The SMILES string of the molecule is CC(C)(C)OC(=O)N1CC(=O)C1CC#N. The molecule has 0 bridgehead atoms. The molecule has 5 heteroatoms. The third-order valence-corrected chi connectivity index (χ3v) is 1.99. The summed E-state index contributed by atoms with van der Waals surface area (Å²) < 4.78 is 5.09. The fourth-order valence-corrected chi connectivity index (χ4v) is 1.27. The Morgan fingerprint density at radius 2 is 2.27 bits per heavy atom. The van der Waals surface area contributed by atoms with Gasteiger partial charge in [-0.1, -0.05) is 0 Å². The molecule has 0 spiro atoms. The second-order valence-corrected chi connectivity index (χ2v) is 4.45. The average molecular weight is 210 g/mol. The van der Waals surface area contributed by atoms with Crippen LogP contribution in [-0.2, 0) is 9.53 Å². The van der Waals surface area contributed by atoms with Gasteiger partial charge in [0.1, 0.15) is 11.6 Å². The minimum atomic E-state index is -0.607. The Morgan fingerprint density at radius 1 is 1.67 bits per heavy atom. The average Bonchev–Trinajstić information content (AvgIpc) is 2.07. The minimum Gasteiger partial charge on any atom is -0.444 e. The van der Waals surface area contributed by atoms with Crippen molar-refractivity contribution in [1.82, 2.24) is 4.90 Å². The van der Waals surface area contributed by atoms with E-state index in [-0.39, 0.29) is 18.7 Å². The fourth-order valence-electron chi connectivity index (χ4n) is 1.27. The van der Waals surface area contributed by atoms with Gasteiger partial charge < -0.3 is 4.74 Å². The van der Waals surface area contributed by atoms with E-state index in [1.165, 1.54) is 4.90 Å². The predicted molar refractivity (Wildman–Crippen MR) is 52.0 cm³/mol. The zero-order chi connectivity index (χ0) is 11.6. The van der Waals surface area contributed by atoms with Gasteiger partial charge in [0, 0.05) is 0 Å². The molecule has 1 rings (SSSR count). The number of likely N-dealkylation sites (tertiary alicyclic amines) is 1. The van der Waals surface area contributed by atoms with Gasteiger partial charge in [0.2, 0.25) is 0 Å². The van der Waals surface area contributed by atoms with E-state index < -0.39 is 17.7 Å². The molecular weight excluding hydrogens is 196 g/mol. The molecule has 1 saturated heterocycles. The largest absolute Gasteiger partial charge is 0.444 e. The summed E-state index contributed by atoms with van der Waals surface area (Å²) in [4.78, 5) is 23.9. The molecule has 1 amide bonds. The third-order valence-electron chi connectivity index (χ3n) is 1.99. The molecule has 0 aromatic carbocycles. The van der Waals surface area contributed by atoms with Gasteiger partial charge in [-0.25, -0.2) is 4.79 Å². The van der Waals surface area contributed by atoms with Crippen molar-refractivity contribution < 1.29 is 14.3 Å². The van der Waals surface area contributed by atoms with Gasteiger partial charge >= 0.3 is 6.09 Å². The Bertz CT molecular complexity index is 325. The van der Waals surface area contributed by atoms with E-state index in [1.807, 2.05) is 6.07 Å².